The minimum Gasteiger partial charge on any atom is -0.482 e. The Balaban J connectivity index is 1.91. The number of imidazole rings is 1. The molecule has 2 aromatic carbocycles. The highest BCUT2D eigenvalue weighted by atomic mass is 16.5. The van der Waals surface area contributed by atoms with Crippen LogP contribution in [0.4, 0.5) is 0 Å². The van der Waals surface area contributed by atoms with Crippen LogP contribution in [0.1, 0.15) is 11.4 Å². The summed E-state index contributed by atoms with van der Waals surface area (Å²) in [4.78, 5) is 15.0. The first-order valence-electron chi connectivity index (χ1n) is 7.57. The minimum absolute atomic E-state index is 0.390. The maximum Gasteiger partial charge on any atom is 0.341 e. The van der Waals surface area contributed by atoms with Gasteiger partial charge in [0, 0.05) is 7.05 Å². The Bertz CT molecular complexity index is 995. The summed E-state index contributed by atoms with van der Waals surface area (Å²) in [5.41, 5.74) is 3.03. The largest absolute Gasteiger partial charge is 0.482 e. The molecule has 0 aliphatic rings. The second kappa shape index (κ2) is 6.89. The molecule has 0 fully saturated rings. The number of nitriles is 1. The number of nitrogens with zero attached hydrogens (tertiary/aromatic N) is 3. The van der Waals surface area contributed by atoms with Crippen molar-refractivity contribution in [1.29, 1.82) is 5.26 Å². The van der Waals surface area contributed by atoms with E-state index in [-0.39, 0.29) is 0 Å². The molecule has 1 heterocycles. The molecule has 1 N–H and O–H groups in total. The summed E-state index contributed by atoms with van der Waals surface area (Å²) < 4.78 is 6.98. The summed E-state index contributed by atoms with van der Waals surface area (Å²) in [6, 6.07) is 16.7. The van der Waals surface area contributed by atoms with E-state index in [1.165, 1.54) is 0 Å². The first-order valence-corrected chi connectivity index (χ1v) is 7.57. The highest BCUT2D eigenvalue weighted by Crippen LogP contribution is 2.22. The number of aliphatic carboxylic acids is 1. The zero-order valence-corrected chi connectivity index (χ0v) is 13.5. The highest BCUT2D eigenvalue weighted by molar-refractivity contribution is 5.90. The molecule has 0 saturated carbocycles. The number of hydrogen-bond donors (Lipinski definition) is 1. The zero-order chi connectivity index (χ0) is 17.8. The van der Waals surface area contributed by atoms with Gasteiger partial charge in [-0.05, 0) is 35.9 Å². The topological polar surface area (TPSA) is 88.1 Å². The molecule has 3 rings (SSSR count). The third-order valence-electron chi connectivity index (χ3n) is 3.70. The van der Waals surface area contributed by atoms with Crippen molar-refractivity contribution in [3.05, 3.63) is 59.9 Å². The summed E-state index contributed by atoms with van der Waals surface area (Å²) in [5.74, 6) is 0.0216. The van der Waals surface area contributed by atoms with Crippen molar-refractivity contribution in [1.82, 2.24) is 9.55 Å². The molecule has 0 radical (unpaired) electrons. The van der Waals surface area contributed by atoms with Gasteiger partial charge in [-0.15, -0.1) is 0 Å². The summed E-state index contributed by atoms with van der Waals surface area (Å²) in [7, 11) is 1.87. The monoisotopic (exact) mass is 333 g/mol. The lowest BCUT2D eigenvalue weighted by Crippen LogP contribution is -2.09. The third-order valence-corrected chi connectivity index (χ3v) is 3.70. The quantitative estimate of drug-likeness (QED) is 0.725. The van der Waals surface area contributed by atoms with Gasteiger partial charge in [-0.2, -0.15) is 5.26 Å². The van der Waals surface area contributed by atoms with Crippen LogP contribution in [0.15, 0.2) is 48.5 Å². The number of benzene rings is 2. The van der Waals surface area contributed by atoms with Crippen LogP contribution in [0.3, 0.4) is 0 Å². The lowest BCUT2D eigenvalue weighted by atomic mass is 10.1. The van der Waals surface area contributed by atoms with Crippen molar-refractivity contribution in [2.24, 2.45) is 7.05 Å². The van der Waals surface area contributed by atoms with E-state index in [1.807, 2.05) is 35.9 Å². The van der Waals surface area contributed by atoms with Crippen molar-refractivity contribution in [3.8, 4) is 11.8 Å². The third kappa shape index (κ3) is 3.51. The van der Waals surface area contributed by atoms with Crippen LogP contribution in [-0.2, 0) is 11.8 Å². The Hall–Kier alpha value is -3.59. The molecule has 25 heavy (non-hydrogen) atoms. The van der Waals surface area contributed by atoms with E-state index in [2.05, 4.69) is 11.1 Å². The molecular weight excluding hydrogens is 318 g/mol. The number of hydrogen-bond acceptors (Lipinski definition) is 4. The zero-order valence-electron chi connectivity index (χ0n) is 13.5. The van der Waals surface area contributed by atoms with Gasteiger partial charge >= 0.3 is 5.97 Å². The Kier molecular flexibility index (Phi) is 4.48. The van der Waals surface area contributed by atoms with Crippen LogP contribution in [0, 0.1) is 11.3 Å². The van der Waals surface area contributed by atoms with Crippen molar-refractivity contribution < 1.29 is 14.6 Å². The van der Waals surface area contributed by atoms with Crippen LogP contribution in [0.2, 0.25) is 0 Å². The van der Waals surface area contributed by atoms with E-state index < -0.39 is 12.6 Å². The van der Waals surface area contributed by atoms with Crippen LogP contribution in [0.25, 0.3) is 22.7 Å². The first-order chi connectivity index (χ1) is 12.1. The summed E-state index contributed by atoms with van der Waals surface area (Å²) in [6.07, 6.45) is 1.74. The second-order valence-corrected chi connectivity index (χ2v) is 5.40. The first kappa shape index (κ1) is 16.3. The maximum absolute atomic E-state index is 10.5. The summed E-state index contributed by atoms with van der Waals surface area (Å²) in [6.45, 7) is -0.390. The molecule has 1 aromatic heterocycles. The normalized spacial score (nSPS) is 11.3. The van der Waals surface area contributed by atoms with Gasteiger partial charge in [-0.25, -0.2) is 9.78 Å². The number of allylic oxidation sites excluding steroid dienone is 1. The number of carboxylic acid groups (broad SMARTS) is 1. The van der Waals surface area contributed by atoms with Gasteiger partial charge in [-0.1, -0.05) is 24.3 Å². The van der Waals surface area contributed by atoms with Gasteiger partial charge in [0.1, 0.15) is 11.8 Å². The number of aryl methyl sites for hydroxylation is 1. The fraction of sp³-hybridized carbons (Fsp3) is 0.105. The van der Waals surface area contributed by atoms with Crippen LogP contribution in [0.5, 0.6) is 5.75 Å². The van der Waals surface area contributed by atoms with E-state index in [4.69, 9.17) is 9.84 Å². The summed E-state index contributed by atoms with van der Waals surface area (Å²) >= 11 is 0. The standard InChI is InChI=1S/C19H15N3O3/c1-22-17-5-3-2-4-16(17)21-19(22)14(11-20)10-13-6-8-15(9-7-13)25-12-18(23)24/h2-10H,12H2,1H3,(H,23,24)/b14-10-. The van der Waals surface area contributed by atoms with Gasteiger partial charge < -0.3 is 14.4 Å². The fourth-order valence-corrected chi connectivity index (χ4v) is 2.51. The highest BCUT2D eigenvalue weighted by Gasteiger charge is 2.11. The minimum atomic E-state index is -1.03. The van der Waals surface area contributed by atoms with Crippen LogP contribution in [-0.4, -0.2) is 27.2 Å². The Morgan fingerprint density at radius 3 is 2.64 bits per heavy atom. The molecule has 0 amide bonds. The Labute approximate surface area is 144 Å². The molecule has 124 valence electrons. The van der Waals surface area contributed by atoms with Gasteiger partial charge in [-0.3, -0.25) is 0 Å². The molecule has 0 aliphatic carbocycles. The van der Waals surface area contributed by atoms with Gasteiger partial charge in [0.25, 0.3) is 0 Å². The number of carbonyl (C=O) groups is 1. The average Bonchev–Trinajstić information content (AvgIpc) is 2.96. The molecule has 0 bridgehead atoms. The van der Waals surface area contributed by atoms with Crippen molar-refractivity contribution in [2.45, 2.75) is 0 Å². The molecule has 0 saturated heterocycles. The smallest absolute Gasteiger partial charge is 0.341 e. The van der Waals surface area contributed by atoms with E-state index in [0.717, 1.165) is 16.6 Å². The second-order valence-electron chi connectivity index (χ2n) is 5.40. The van der Waals surface area contributed by atoms with Crippen molar-refractivity contribution in [3.63, 3.8) is 0 Å². The van der Waals surface area contributed by atoms with Gasteiger partial charge in [0.15, 0.2) is 12.4 Å². The number of rotatable bonds is 5. The fourth-order valence-electron chi connectivity index (χ4n) is 2.51. The predicted octanol–water partition coefficient (Wildman–Crippen LogP) is 3.10. The number of carboxylic acids is 1. The lowest BCUT2D eigenvalue weighted by molar-refractivity contribution is -0.139. The van der Waals surface area contributed by atoms with E-state index >= 15 is 0 Å². The lowest BCUT2D eigenvalue weighted by Gasteiger charge is -2.04. The van der Waals surface area contributed by atoms with E-state index in [1.54, 1.807) is 30.3 Å². The molecule has 0 atom stereocenters. The van der Waals surface area contributed by atoms with E-state index in [9.17, 15) is 10.1 Å². The predicted molar refractivity (Wildman–Crippen MR) is 93.8 cm³/mol. The van der Waals surface area contributed by atoms with Gasteiger partial charge in [0.2, 0.25) is 0 Å². The SMILES string of the molecule is Cn1c(/C(C#N)=C\c2ccc(OCC(=O)O)cc2)nc2ccccc21. The molecule has 0 unspecified atom stereocenters. The number of fused-ring (bicyclic) bond motifs is 1. The Morgan fingerprint density at radius 1 is 1.28 bits per heavy atom. The molecule has 6 nitrogen and oxygen atoms in total. The summed E-state index contributed by atoms with van der Waals surface area (Å²) in [5, 5.41) is 18.1. The number of aromatic nitrogens is 2. The van der Waals surface area contributed by atoms with E-state index in [0.29, 0.717) is 17.1 Å². The number of ether oxygens (including phenoxy) is 1. The maximum atomic E-state index is 10.5. The number of para-hydroxylation sites is 2. The van der Waals surface area contributed by atoms with Crippen molar-refractivity contribution in [2.75, 3.05) is 6.61 Å². The molecular formula is C19H15N3O3. The van der Waals surface area contributed by atoms with Crippen LogP contribution >= 0.6 is 0 Å². The molecule has 6 heteroatoms. The average molecular weight is 333 g/mol. The molecule has 0 spiro atoms. The van der Waals surface area contributed by atoms with Crippen molar-refractivity contribution >= 4 is 28.7 Å². The van der Waals surface area contributed by atoms with Crippen LogP contribution < -0.4 is 4.74 Å². The van der Waals surface area contributed by atoms with Gasteiger partial charge in [0.05, 0.1) is 16.6 Å². The Morgan fingerprint density at radius 2 is 2.00 bits per heavy atom. The molecule has 3 aromatic rings. The molecule has 0 aliphatic heterocycles.